The number of ether oxygens (including phenoxy) is 2. The van der Waals surface area contributed by atoms with Crippen LogP contribution in [-0.2, 0) is 17.9 Å². The fourth-order valence-electron chi connectivity index (χ4n) is 3.01. The highest BCUT2D eigenvalue weighted by Crippen LogP contribution is 2.31. The van der Waals surface area contributed by atoms with Crippen LogP contribution in [0, 0.1) is 6.92 Å². The van der Waals surface area contributed by atoms with Crippen molar-refractivity contribution in [2.75, 3.05) is 7.11 Å². The standard InChI is InChI=1S/C20H19BrF2N2O3/c1-12-19(21)14-5-3-4-6-15(14)25(12)11-18(26)24-10-13-7-8-16(27-2)17(9-13)28-20(22)23/h3-9,20H,10-11H2,1-2H3,(H,24,26). The van der Waals surface area contributed by atoms with Crippen LogP contribution in [0.2, 0.25) is 0 Å². The van der Waals surface area contributed by atoms with Gasteiger partial charge in [0.05, 0.1) is 7.11 Å². The number of aromatic nitrogens is 1. The first-order chi connectivity index (χ1) is 13.4. The second kappa shape index (κ2) is 8.60. The van der Waals surface area contributed by atoms with Crippen molar-refractivity contribution in [2.45, 2.75) is 26.6 Å². The summed E-state index contributed by atoms with van der Waals surface area (Å²) in [5.74, 6) is -0.0569. The SMILES string of the molecule is COc1ccc(CNC(=O)Cn2c(C)c(Br)c3ccccc32)cc1OC(F)F. The molecular formula is C20H19BrF2N2O3. The molecule has 0 saturated heterocycles. The van der Waals surface area contributed by atoms with Crippen LogP contribution in [0.4, 0.5) is 8.78 Å². The number of fused-ring (bicyclic) bond motifs is 1. The van der Waals surface area contributed by atoms with Gasteiger partial charge in [0.25, 0.3) is 0 Å². The van der Waals surface area contributed by atoms with Crippen LogP contribution in [0.25, 0.3) is 10.9 Å². The number of amides is 1. The van der Waals surface area contributed by atoms with Crippen LogP contribution in [0.3, 0.4) is 0 Å². The lowest BCUT2D eigenvalue weighted by Crippen LogP contribution is -2.27. The van der Waals surface area contributed by atoms with Gasteiger partial charge >= 0.3 is 6.61 Å². The second-order valence-corrected chi connectivity index (χ2v) is 6.94. The molecule has 8 heteroatoms. The third-order valence-corrected chi connectivity index (χ3v) is 5.39. The molecule has 1 amide bonds. The maximum absolute atomic E-state index is 12.5. The molecule has 28 heavy (non-hydrogen) atoms. The van der Waals surface area contributed by atoms with E-state index in [4.69, 9.17) is 4.74 Å². The molecule has 0 aliphatic heterocycles. The highest BCUT2D eigenvalue weighted by molar-refractivity contribution is 9.10. The van der Waals surface area contributed by atoms with Crippen LogP contribution in [0.5, 0.6) is 11.5 Å². The van der Waals surface area contributed by atoms with Gasteiger partial charge in [-0.25, -0.2) is 0 Å². The number of carbonyl (C=O) groups is 1. The number of benzene rings is 2. The Labute approximate surface area is 169 Å². The van der Waals surface area contributed by atoms with Crippen molar-refractivity contribution in [1.29, 1.82) is 0 Å². The Kier molecular flexibility index (Phi) is 6.18. The van der Waals surface area contributed by atoms with Gasteiger partial charge < -0.3 is 19.4 Å². The number of hydrogen-bond acceptors (Lipinski definition) is 3. The number of hydrogen-bond donors (Lipinski definition) is 1. The van der Waals surface area contributed by atoms with E-state index in [1.807, 2.05) is 35.8 Å². The maximum atomic E-state index is 12.5. The van der Waals surface area contributed by atoms with Crippen molar-refractivity contribution in [3.63, 3.8) is 0 Å². The molecule has 0 unspecified atom stereocenters. The molecule has 0 saturated carbocycles. The first kappa shape index (κ1) is 20.1. The van der Waals surface area contributed by atoms with Crippen molar-refractivity contribution >= 4 is 32.7 Å². The molecule has 0 fully saturated rings. The number of nitrogens with zero attached hydrogens (tertiary/aromatic N) is 1. The van der Waals surface area contributed by atoms with E-state index in [0.717, 1.165) is 21.1 Å². The Balaban J connectivity index is 1.71. The van der Waals surface area contributed by atoms with Gasteiger partial charge in [0, 0.05) is 27.6 Å². The molecular weight excluding hydrogens is 434 g/mol. The second-order valence-electron chi connectivity index (χ2n) is 6.14. The molecule has 0 spiro atoms. The molecule has 3 aromatic rings. The fourth-order valence-corrected chi connectivity index (χ4v) is 3.56. The van der Waals surface area contributed by atoms with Gasteiger partial charge in [-0.15, -0.1) is 0 Å². The molecule has 0 bridgehead atoms. The van der Waals surface area contributed by atoms with E-state index in [1.165, 1.54) is 19.2 Å². The minimum atomic E-state index is -2.96. The van der Waals surface area contributed by atoms with Gasteiger partial charge in [-0.2, -0.15) is 8.78 Å². The summed E-state index contributed by atoms with van der Waals surface area (Å²) in [5, 5.41) is 3.85. The van der Waals surface area contributed by atoms with E-state index in [2.05, 4.69) is 26.0 Å². The monoisotopic (exact) mass is 452 g/mol. The van der Waals surface area contributed by atoms with Crippen LogP contribution in [0.15, 0.2) is 46.9 Å². The average Bonchev–Trinajstić information content (AvgIpc) is 2.91. The van der Waals surface area contributed by atoms with E-state index in [9.17, 15) is 13.6 Å². The quantitative estimate of drug-likeness (QED) is 0.568. The summed E-state index contributed by atoms with van der Waals surface area (Å²) in [7, 11) is 1.37. The molecule has 1 aromatic heterocycles. The summed E-state index contributed by atoms with van der Waals surface area (Å²) < 4.78 is 37.4. The summed E-state index contributed by atoms with van der Waals surface area (Å²) in [5.41, 5.74) is 2.53. The molecule has 2 aromatic carbocycles. The summed E-state index contributed by atoms with van der Waals surface area (Å²) in [6.07, 6.45) is 0. The third-order valence-electron chi connectivity index (χ3n) is 4.39. The first-order valence-corrected chi connectivity index (χ1v) is 9.31. The Morgan fingerprint density at radius 2 is 1.96 bits per heavy atom. The average molecular weight is 453 g/mol. The predicted molar refractivity (Wildman–Crippen MR) is 106 cm³/mol. The molecule has 5 nitrogen and oxygen atoms in total. The van der Waals surface area contributed by atoms with Gasteiger partial charge in [0.2, 0.25) is 5.91 Å². The number of halogens is 3. The van der Waals surface area contributed by atoms with Crippen LogP contribution in [0.1, 0.15) is 11.3 Å². The van der Waals surface area contributed by atoms with Gasteiger partial charge in [-0.1, -0.05) is 24.3 Å². The summed E-state index contributed by atoms with van der Waals surface area (Å²) >= 11 is 3.57. The van der Waals surface area contributed by atoms with Crippen LogP contribution in [-0.4, -0.2) is 24.2 Å². The predicted octanol–water partition coefficient (Wildman–Crippen LogP) is 4.64. The summed E-state index contributed by atoms with van der Waals surface area (Å²) in [6.45, 7) is -0.687. The zero-order valence-electron chi connectivity index (χ0n) is 15.3. The number of rotatable bonds is 7. The molecule has 0 aliphatic rings. The van der Waals surface area contributed by atoms with Crippen molar-refractivity contribution in [3.8, 4) is 11.5 Å². The Hall–Kier alpha value is -2.61. The number of nitrogens with one attached hydrogen (secondary N) is 1. The highest BCUT2D eigenvalue weighted by atomic mass is 79.9. The van der Waals surface area contributed by atoms with Gasteiger partial charge in [0.1, 0.15) is 6.54 Å². The van der Waals surface area contributed by atoms with Gasteiger partial charge in [-0.05, 0) is 46.6 Å². The Morgan fingerprint density at radius 3 is 2.68 bits per heavy atom. The normalized spacial score (nSPS) is 11.1. The number of carbonyl (C=O) groups excluding carboxylic acids is 1. The minimum absolute atomic E-state index is 0.0690. The largest absolute Gasteiger partial charge is 0.493 e. The highest BCUT2D eigenvalue weighted by Gasteiger charge is 2.15. The third kappa shape index (κ3) is 4.27. The van der Waals surface area contributed by atoms with E-state index in [1.54, 1.807) is 6.07 Å². The van der Waals surface area contributed by atoms with Crippen molar-refractivity contribution < 1.29 is 23.0 Å². The Morgan fingerprint density at radius 1 is 1.21 bits per heavy atom. The van der Waals surface area contributed by atoms with Crippen LogP contribution >= 0.6 is 15.9 Å². The zero-order chi connectivity index (χ0) is 20.3. The van der Waals surface area contributed by atoms with Crippen molar-refractivity contribution in [3.05, 3.63) is 58.2 Å². The molecule has 148 valence electrons. The first-order valence-electron chi connectivity index (χ1n) is 8.52. The van der Waals surface area contributed by atoms with E-state index >= 15 is 0 Å². The van der Waals surface area contributed by atoms with E-state index in [0.29, 0.717) is 5.56 Å². The van der Waals surface area contributed by atoms with Gasteiger partial charge in [-0.3, -0.25) is 4.79 Å². The summed E-state index contributed by atoms with van der Waals surface area (Å²) in [4.78, 5) is 12.5. The number of methoxy groups -OCH3 is 1. The minimum Gasteiger partial charge on any atom is -0.493 e. The zero-order valence-corrected chi connectivity index (χ0v) is 16.9. The molecule has 3 rings (SSSR count). The summed E-state index contributed by atoms with van der Waals surface area (Å²) in [6, 6.07) is 12.5. The lowest BCUT2D eigenvalue weighted by molar-refractivity contribution is -0.121. The molecule has 0 aliphatic carbocycles. The lowest BCUT2D eigenvalue weighted by atomic mass is 10.2. The lowest BCUT2D eigenvalue weighted by Gasteiger charge is -2.13. The van der Waals surface area contributed by atoms with E-state index < -0.39 is 6.61 Å². The molecule has 0 radical (unpaired) electrons. The van der Waals surface area contributed by atoms with Crippen molar-refractivity contribution in [1.82, 2.24) is 9.88 Å². The Bertz CT molecular complexity index is 1000. The smallest absolute Gasteiger partial charge is 0.387 e. The molecule has 0 atom stereocenters. The molecule has 1 N–H and O–H groups in total. The maximum Gasteiger partial charge on any atom is 0.387 e. The number of para-hydroxylation sites is 1. The fraction of sp³-hybridized carbons (Fsp3) is 0.250. The van der Waals surface area contributed by atoms with Crippen LogP contribution < -0.4 is 14.8 Å². The van der Waals surface area contributed by atoms with E-state index in [-0.39, 0.29) is 30.5 Å². The van der Waals surface area contributed by atoms with Gasteiger partial charge in [0.15, 0.2) is 11.5 Å². The molecule has 1 heterocycles. The topological polar surface area (TPSA) is 52.5 Å². The number of alkyl halides is 2. The van der Waals surface area contributed by atoms with Crippen molar-refractivity contribution in [2.24, 2.45) is 0 Å².